The molecule has 1 saturated carbocycles. The summed E-state index contributed by atoms with van der Waals surface area (Å²) in [4.78, 5) is 12.4. The van der Waals surface area contributed by atoms with Gasteiger partial charge in [0.25, 0.3) is 0 Å². The molecule has 0 aliphatic heterocycles. The summed E-state index contributed by atoms with van der Waals surface area (Å²) < 4.78 is 4.98. The average molecular weight is 654 g/mol. The number of amides is 2. The van der Waals surface area contributed by atoms with E-state index < -0.39 is 0 Å². The fraction of sp³-hybridized carbons (Fsp3) is 0.333. The van der Waals surface area contributed by atoms with Crippen LogP contribution in [0.15, 0.2) is 38.2 Å². The van der Waals surface area contributed by atoms with Gasteiger partial charge in [0.05, 0.1) is 0 Å². The first-order valence-corrected chi connectivity index (χ1v) is 14.0. The number of carbonyl (C=O) groups is 1. The van der Waals surface area contributed by atoms with Gasteiger partial charge < -0.3 is 0 Å². The molecule has 31 heavy (non-hydrogen) atoms. The molecule has 1 fully saturated rings. The van der Waals surface area contributed by atoms with Gasteiger partial charge in [-0.1, -0.05) is 0 Å². The SMILES string of the molecule is O=C(NCc1nn(-c2ccc(Cl)cc2Cl)c(-c2ccc(Br)[se]2)c1Br)NC1CCCCC1. The fourth-order valence-electron chi connectivity index (χ4n) is 3.69. The molecule has 3 aromatic rings. The Kier molecular flexibility index (Phi) is 7.89. The number of aromatic nitrogens is 2. The predicted octanol–water partition coefficient (Wildman–Crippen LogP) is 6.56. The van der Waals surface area contributed by atoms with Crippen LogP contribution < -0.4 is 10.6 Å². The van der Waals surface area contributed by atoms with E-state index in [9.17, 15) is 4.79 Å². The number of halogens is 4. The molecule has 2 amide bonds. The molecular formula is C21H20Br2Cl2N4OSe. The summed E-state index contributed by atoms with van der Waals surface area (Å²) in [6, 6.07) is 9.58. The minimum atomic E-state index is -0.159. The molecule has 0 spiro atoms. The minimum absolute atomic E-state index is 0.127. The van der Waals surface area contributed by atoms with Crippen molar-refractivity contribution in [2.45, 2.75) is 44.7 Å². The van der Waals surface area contributed by atoms with Gasteiger partial charge in [0.2, 0.25) is 0 Å². The molecule has 1 aromatic carbocycles. The fourth-order valence-corrected chi connectivity index (χ4v) is 7.72. The van der Waals surface area contributed by atoms with E-state index in [0.717, 1.165) is 42.2 Å². The Hall–Kier alpha value is -0.761. The van der Waals surface area contributed by atoms with Crippen molar-refractivity contribution in [2.75, 3.05) is 0 Å². The maximum atomic E-state index is 12.4. The Morgan fingerprint density at radius 1 is 1.16 bits per heavy atom. The standard InChI is InChI=1S/C21H20Br2Cl2N4OSe/c22-18-9-8-17(31-18)20-19(23)15(11-26-21(30)27-13-4-2-1-3-5-13)28-29(20)16-7-6-12(24)10-14(16)25/h6-10,13H,1-5,11H2,(H2,26,27,30). The van der Waals surface area contributed by atoms with Crippen LogP contribution in [0.2, 0.25) is 10.0 Å². The molecule has 1 aliphatic carbocycles. The zero-order valence-corrected chi connectivity index (χ0v) is 22.8. The summed E-state index contributed by atoms with van der Waals surface area (Å²) in [5.74, 6) is 0. The van der Waals surface area contributed by atoms with Crippen molar-refractivity contribution < 1.29 is 4.79 Å². The van der Waals surface area contributed by atoms with Gasteiger partial charge in [-0.05, 0) is 0 Å². The normalized spacial score (nSPS) is 14.6. The monoisotopic (exact) mass is 652 g/mol. The quantitative estimate of drug-likeness (QED) is 0.307. The molecule has 0 unspecified atom stereocenters. The van der Waals surface area contributed by atoms with Gasteiger partial charge in [-0.15, -0.1) is 0 Å². The summed E-state index contributed by atoms with van der Waals surface area (Å²) in [5, 5.41) is 11.9. The Bertz CT molecular complexity index is 1100. The summed E-state index contributed by atoms with van der Waals surface area (Å²) in [6.07, 6.45) is 5.69. The van der Waals surface area contributed by atoms with Crippen molar-refractivity contribution in [3.63, 3.8) is 0 Å². The predicted molar refractivity (Wildman–Crippen MR) is 134 cm³/mol. The van der Waals surface area contributed by atoms with E-state index in [1.54, 1.807) is 12.1 Å². The van der Waals surface area contributed by atoms with Crippen LogP contribution in [-0.2, 0) is 6.54 Å². The van der Waals surface area contributed by atoms with Gasteiger partial charge in [-0.2, -0.15) is 0 Å². The molecular weight excluding hydrogens is 634 g/mol. The van der Waals surface area contributed by atoms with E-state index in [-0.39, 0.29) is 26.6 Å². The number of hydrogen-bond acceptors (Lipinski definition) is 2. The van der Waals surface area contributed by atoms with Crippen molar-refractivity contribution in [2.24, 2.45) is 0 Å². The third-order valence-corrected chi connectivity index (χ3v) is 9.52. The Labute approximate surface area is 213 Å². The zero-order valence-electron chi connectivity index (χ0n) is 16.4. The molecule has 4 rings (SSSR count). The molecule has 0 atom stereocenters. The number of hydrogen-bond donors (Lipinski definition) is 2. The van der Waals surface area contributed by atoms with Crippen LogP contribution in [0.3, 0.4) is 0 Å². The first-order chi connectivity index (χ1) is 14.9. The molecule has 5 nitrogen and oxygen atoms in total. The molecule has 0 saturated heterocycles. The van der Waals surface area contributed by atoms with Crippen LogP contribution >= 0.6 is 55.1 Å². The van der Waals surface area contributed by atoms with Crippen molar-refractivity contribution >= 4 is 75.6 Å². The Balaban J connectivity index is 1.61. The zero-order chi connectivity index (χ0) is 22.0. The first kappa shape index (κ1) is 23.4. The van der Waals surface area contributed by atoms with Crippen molar-refractivity contribution in [1.82, 2.24) is 20.4 Å². The van der Waals surface area contributed by atoms with Crippen LogP contribution in [0.5, 0.6) is 0 Å². The number of urea groups is 1. The van der Waals surface area contributed by atoms with E-state index in [1.807, 2.05) is 10.7 Å². The van der Waals surface area contributed by atoms with E-state index >= 15 is 0 Å². The van der Waals surface area contributed by atoms with E-state index in [2.05, 4.69) is 54.6 Å². The second-order valence-electron chi connectivity index (χ2n) is 7.38. The number of nitrogens with one attached hydrogen (secondary N) is 2. The Morgan fingerprint density at radius 2 is 1.94 bits per heavy atom. The average Bonchev–Trinajstić information content (AvgIpc) is 3.30. The molecule has 10 heteroatoms. The topological polar surface area (TPSA) is 59.0 Å². The Morgan fingerprint density at radius 3 is 2.61 bits per heavy atom. The van der Waals surface area contributed by atoms with Gasteiger partial charge >= 0.3 is 215 Å². The van der Waals surface area contributed by atoms with Crippen LogP contribution in [-0.4, -0.2) is 36.4 Å². The van der Waals surface area contributed by atoms with Gasteiger partial charge in [-0.3, -0.25) is 0 Å². The number of nitrogens with zero attached hydrogens (tertiary/aromatic N) is 2. The van der Waals surface area contributed by atoms with E-state index in [4.69, 9.17) is 28.3 Å². The molecule has 2 N–H and O–H groups in total. The van der Waals surface area contributed by atoms with Crippen LogP contribution in [0.25, 0.3) is 15.8 Å². The molecule has 0 bridgehead atoms. The van der Waals surface area contributed by atoms with E-state index in [1.165, 1.54) is 19.3 Å². The summed E-state index contributed by atoms with van der Waals surface area (Å²) in [6.45, 7) is 0.305. The van der Waals surface area contributed by atoms with Crippen molar-refractivity contribution in [3.8, 4) is 15.8 Å². The third-order valence-electron chi connectivity index (χ3n) is 5.20. The third kappa shape index (κ3) is 5.60. The van der Waals surface area contributed by atoms with Crippen LogP contribution in [0.4, 0.5) is 4.79 Å². The summed E-state index contributed by atoms with van der Waals surface area (Å²) in [5.41, 5.74) is 2.40. The van der Waals surface area contributed by atoms with Gasteiger partial charge in [0.1, 0.15) is 0 Å². The summed E-state index contributed by atoms with van der Waals surface area (Å²) in [7, 11) is 0. The second kappa shape index (κ2) is 10.4. The van der Waals surface area contributed by atoms with Gasteiger partial charge in [-0.25, -0.2) is 0 Å². The number of benzene rings is 1. The van der Waals surface area contributed by atoms with Gasteiger partial charge in [0, 0.05) is 0 Å². The van der Waals surface area contributed by atoms with Crippen molar-refractivity contribution in [3.05, 3.63) is 53.9 Å². The second-order valence-corrected chi connectivity index (χ2v) is 13.3. The maximum absolute atomic E-state index is 12.4. The summed E-state index contributed by atoms with van der Waals surface area (Å²) >= 11 is 20.0. The van der Waals surface area contributed by atoms with Crippen LogP contribution in [0, 0.1) is 0 Å². The number of rotatable bonds is 5. The molecule has 1 aliphatic rings. The molecule has 2 aromatic heterocycles. The van der Waals surface area contributed by atoms with Crippen LogP contribution in [0.1, 0.15) is 37.8 Å². The van der Waals surface area contributed by atoms with Crippen molar-refractivity contribution in [1.29, 1.82) is 0 Å². The molecule has 164 valence electrons. The molecule has 0 radical (unpaired) electrons. The first-order valence-electron chi connectivity index (χ1n) is 9.95. The molecule has 2 heterocycles. The number of carbonyl (C=O) groups excluding carboxylic acids is 1. The van der Waals surface area contributed by atoms with E-state index in [0.29, 0.717) is 16.6 Å². The van der Waals surface area contributed by atoms with Gasteiger partial charge in [0.15, 0.2) is 0 Å².